The molecular formula is C26H28N2O4S. The maximum Gasteiger partial charge on any atom is 0.255 e. The average molecular weight is 465 g/mol. The van der Waals surface area contributed by atoms with Gasteiger partial charge in [0, 0.05) is 24.3 Å². The van der Waals surface area contributed by atoms with Crippen molar-refractivity contribution in [3.63, 3.8) is 0 Å². The number of sulfonamides is 1. The number of hydrogen-bond acceptors (Lipinski definition) is 4. The predicted molar refractivity (Wildman–Crippen MR) is 129 cm³/mol. The summed E-state index contributed by atoms with van der Waals surface area (Å²) in [6.07, 6.45) is 1.24. The fourth-order valence-corrected chi connectivity index (χ4v) is 5.69. The number of aryl methyl sites for hydroxylation is 1. The molecule has 0 bridgehead atoms. The summed E-state index contributed by atoms with van der Waals surface area (Å²) in [4.78, 5) is 13.3. The van der Waals surface area contributed by atoms with Gasteiger partial charge in [-0.1, -0.05) is 61.5 Å². The highest BCUT2D eigenvalue weighted by atomic mass is 32.2. The summed E-state index contributed by atoms with van der Waals surface area (Å²) in [5, 5.41) is 2.98. The molecule has 1 N–H and O–H groups in total. The van der Waals surface area contributed by atoms with Crippen molar-refractivity contribution in [2.24, 2.45) is 0 Å². The quantitative estimate of drug-likeness (QED) is 0.571. The van der Waals surface area contributed by atoms with Gasteiger partial charge in [0.25, 0.3) is 5.91 Å². The van der Waals surface area contributed by atoms with Crippen LogP contribution in [-0.2, 0) is 27.6 Å². The van der Waals surface area contributed by atoms with Crippen LogP contribution in [-0.4, -0.2) is 44.9 Å². The molecule has 0 atom stereocenters. The smallest absolute Gasteiger partial charge is 0.255 e. The van der Waals surface area contributed by atoms with E-state index in [4.69, 9.17) is 4.74 Å². The molecule has 33 heavy (non-hydrogen) atoms. The third-order valence-corrected chi connectivity index (χ3v) is 7.78. The first-order valence-electron chi connectivity index (χ1n) is 11.1. The largest absolute Gasteiger partial charge is 0.379 e. The summed E-state index contributed by atoms with van der Waals surface area (Å²) in [6, 6.07) is 22.6. The second-order valence-corrected chi connectivity index (χ2v) is 9.87. The van der Waals surface area contributed by atoms with E-state index in [1.54, 1.807) is 12.1 Å². The van der Waals surface area contributed by atoms with Crippen molar-refractivity contribution in [1.82, 2.24) is 4.31 Å². The molecular weight excluding hydrogens is 436 g/mol. The maximum atomic E-state index is 13.3. The van der Waals surface area contributed by atoms with E-state index in [9.17, 15) is 13.2 Å². The molecule has 0 spiro atoms. The fraction of sp³-hybridized carbons (Fsp3) is 0.269. The van der Waals surface area contributed by atoms with Gasteiger partial charge in [-0.05, 0) is 47.7 Å². The standard InChI is InChI=1S/C26H28N2O4S/c1-2-21-12-13-23(19-25(21)33(30,31)28-14-16-32-17-15-28)26(29)27-24-11-7-6-10-22(24)18-20-8-4-3-5-9-20/h3-13,19H,2,14-18H2,1H3,(H,27,29). The third kappa shape index (κ3) is 5.33. The van der Waals surface area contributed by atoms with Crippen molar-refractivity contribution in [3.8, 4) is 0 Å². The number of rotatable bonds is 7. The molecule has 6 nitrogen and oxygen atoms in total. The summed E-state index contributed by atoms with van der Waals surface area (Å²) in [5.41, 5.74) is 3.85. The van der Waals surface area contributed by atoms with Crippen LogP contribution in [0, 0.1) is 0 Å². The number of ether oxygens (including phenoxy) is 1. The van der Waals surface area contributed by atoms with E-state index in [1.807, 2.05) is 61.5 Å². The maximum absolute atomic E-state index is 13.3. The molecule has 172 valence electrons. The second-order valence-electron chi connectivity index (χ2n) is 7.97. The molecule has 1 heterocycles. The number of carbonyl (C=O) groups is 1. The minimum absolute atomic E-state index is 0.192. The highest BCUT2D eigenvalue weighted by Crippen LogP contribution is 2.25. The summed E-state index contributed by atoms with van der Waals surface area (Å²) in [6.45, 7) is 3.29. The van der Waals surface area contributed by atoms with Crippen LogP contribution < -0.4 is 5.32 Å². The Morgan fingerprint density at radius 3 is 2.36 bits per heavy atom. The molecule has 0 aromatic heterocycles. The number of nitrogens with one attached hydrogen (secondary N) is 1. The Kier molecular flexibility index (Phi) is 7.23. The predicted octanol–water partition coefficient (Wildman–Crippen LogP) is 4.11. The van der Waals surface area contributed by atoms with Crippen LogP contribution in [0.1, 0.15) is 34.0 Å². The van der Waals surface area contributed by atoms with E-state index < -0.39 is 10.0 Å². The minimum atomic E-state index is -3.71. The lowest BCUT2D eigenvalue weighted by Crippen LogP contribution is -2.41. The first-order chi connectivity index (χ1) is 16.0. The topological polar surface area (TPSA) is 75.7 Å². The summed E-state index contributed by atoms with van der Waals surface area (Å²) < 4.78 is 33.3. The molecule has 7 heteroatoms. The minimum Gasteiger partial charge on any atom is -0.379 e. The summed E-state index contributed by atoms with van der Waals surface area (Å²) in [7, 11) is -3.71. The lowest BCUT2D eigenvalue weighted by molar-refractivity contribution is 0.0730. The first kappa shape index (κ1) is 23.2. The average Bonchev–Trinajstić information content (AvgIpc) is 2.86. The zero-order valence-corrected chi connectivity index (χ0v) is 19.5. The Labute approximate surface area is 195 Å². The summed E-state index contributed by atoms with van der Waals surface area (Å²) >= 11 is 0. The van der Waals surface area contributed by atoms with E-state index >= 15 is 0 Å². The third-order valence-electron chi connectivity index (χ3n) is 5.80. The molecule has 0 saturated carbocycles. The molecule has 1 fully saturated rings. The van der Waals surface area contributed by atoms with E-state index in [0.717, 1.165) is 11.1 Å². The molecule has 4 rings (SSSR count). The van der Waals surface area contributed by atoms with E-state index in [1.165, 1.54) is 10.4 Å². The van der Waals surface area contributed by atoms with Gasteiger partial charge in [-0.3, -0.25) is 4.79 Å². The van der Waals surface area contributed by atoms with Gasteiger partial charge in [-0.2, -0.15) is 4.31 Å². The van der Waals surface area contributed by atoms with E-state index in [-0.39, 0.29) is 10.8 Å². The van der Waals surface area contributed by atoms with Crippen molar-refractivity contribution in [2.45, 2.75) is 24.7 Å². The number of para-hydroxylation sites is 1. The van der Waals surface area contributed by atoms with Crippen LogP contribution in [0.4, 0.5) is 5.69 Å². The molecule has 0 radical (unpaired) electrons. The molecule has 1 aliphatic heterocycles. The number of nitrogens with zero attached hydrogens (tertiary/aromatic N) is 1. The van der Waals surface area contributed by atoms with Crippen molar-refractivity contribution in [2.75, 3.05) is 31.6 Å². The normalized spacial score (nSPS) is 14.7. The SMILES string of the molecule is CCc1ccc(C(=O)Nc2ccccc2Cc2ccccc2)cc1S(=O)(=O)N1CCOCC1. The lowest BCUT2D eigenvalue weighted by Gasteiger charge is -2.27. The summed E-state index contributed by atoms with van der Waals surface area (Å²) in [5.74, 6) is -0.336. The van der Waals surface area contributed by atoms with Gasteiger partial charge in [-0.25, -0.2) is 8.42 Å². The molecule has 1 saturated heterocycles. The van der Waals surface area contributed by atoms with Crippen LogP contribution in [0.3, 0.4) is 0 Å². The van der Waals surface area contributed by atoms with Crippen LogP contribution in [0.5, 0.6) is 0 Å². The number of morpholine rings is 1. The second kappa shape index (κ2) is 10.3. The highest BCUT2D eigenvalue weighted by molar-refractivity contribution is 7.89. The van der Waals surface area contributed by atoms with Crippen LogP contribution in [0.25, 0.3) is 0 Å². The van der Waals surface area contributed by atoms with E-state index in [2.05, 4.69) is 5.32 Å². The number of anilines is 1. The van der Waals surface area contributed by atoms with E-state index in [0.29, 0.717) is 56.0 Å². The van der Waals surface area contributed by atoms with Crippen LogP contribution in [0.2, 0.25) is 0 Å². The zero-order valence-electron chi connectivity index (χ0n) is 18.7. The Hall–Kier alpha value is -3.00. The first-order valence-corrected chi connectivity index (χ1v) is 12.6. The Morgan fingerprint density at radius 2 is 1.64 bits per heavy atom. The fourth-order valence-electron chi connectivity index (χ4n) is 3.96. The lowest BCUT2D eigenvalue weighted by atomic mass is 10.0. The monoisotopic (exact) mass is 464 g/mol. The van der Waals surface area contributed by atoms with Crippen LogP contribution in [0.15, 0.2) is 77.7 Å². The van der Waals surface area contributed by atoms with Crippen molar-refractivity contribution in [3.05, 3.63) is 95.1 Å². The van der Waals surface area contributed by atoms with Gasteiger partial charge in [0.1, 0.15) is 0 Å². The van der Waals surface area contributed by atoms with Crippen molar-refractivity contribution >= 4 is 21.6 Å². The van der Waals surface area contributed by atoms with Gasteiger partial charge in [0.2, 0.25) is 10.0 Å². The number of hydrogen-bond donors (Lipinski definition) is 1. The number of carbonyl (C=O) groups excluding carboxylic acids is 1. The highest BCUT2D eigenvalue weighted by Gasteiger charge is 2.29. The number of benzene rings is 3. The molecule has 1 amide bonds. The molecule has 1 aliphatic rings. The Morgan fingerprint density at radius 1 is 0.939 bits per heavy atom. The van der Waals surface area contributed by atoms with Gasteiger partial charge in [0.15, 0.2) is 0 Å². The van der Waals surface area contributed by atoms with Crippen molar-refractivity contribution < 1.29 is 17.9 Å². The molecule has 0 aliphatic carbocycles. The van der Waals surface area contributed by atoms with Gasteiger partial charge < -0.3 is 10.1 Å². The van der Waals surface area contributed by atoms with Gasteiger partial charge >= 0.3 is 0 Å². The molecule has 3 aromatic rings. The van der Waals surface area contributed by atoms with Gasteiger partial charge in [-0.15, -0.1) is 0 Å². The molecule has 0 unspecified atom stereocenters. The van der Waals surface area contributed by atoms with Crippen LogP contribution >= 0.6 is 0 Å². The Bertz CT molecular complexity index is 1220. The zero-order chi connectivity index (χ0) is 23.3. The van der Waals surface area contributed by atoms with Gasteiger partial charge in [0.05, 0.1) is 18.1 Å². The Balaban J connectivity index is 1.60. The molecule has 3 aromatic carbocycles. The van der Waals surface area contributed by atoms with Crippen molar-refractivity contribution in [1.29, 1.82) is 0 Å². The number of amides is 1.